The number of aliphatic hydroxyl groups is 1. The Morgan fingerprint density at radius 1 is 1.11 bits per heavy atom. The van der Waals surface area contributed by atoms with Crippen molar-refractivity contribution in [3.8, 4) is 0 Å². The molecule has 0 aromatic carbocycles. The van der Waals surface area contributed by atoms with Gasteiger partial charge in [-0.1, -0.05) is 19.8 Å². The highest BCUT2D eigenvalue weighted by Crippen LogP contribution is 2.17. The average molecular weight is 278 g/mol. The normalized spacial score (nSPS) is 13.6. The largest absolute Gasteiger partial charge is 0.481 e. The summed E-state index contributed by atoms with van der Waals surface area (Å²) in [6.45, 7) is 2.13. The van der Waals surface area contributed by atoms with E-state index >= 15 is 0 Å². The summed E-state index contributed by atoms with van der Waals surface area (Å²) in [5.74, 6) is -4.48. The van der Waals surface area contributed by atoms with E-state index in [1.165, 1.54) is 0 Å². The van der Waals surface area contributed by atoms with Crippen molar-refractivity contribution in [2.24, 2.45) is 0 Å². The van der Waals surface area contributed by atoms with Crippen LogP contribution in [0.3, 0.4) is 0 Å². The molecule has 0 heterocycles. The standard InChI is InChI=1S/C11H18O8/c1-2-3-4-5-18-19-9(14)7-11(17,10(15)16)6-8(12)13/h17H,2-7H2,1H3,(H,12,13)(H,15,16). The summed E-state index contributed by atoms with van der Waals surface area (Å²) in [7, 11) is 0. The summed E-state index contributed by atoms with van der Waals surface area (Å²) < 4.78 is 0. The SMILES string of the molecule is CCCCCOOC(=O)CC(O)(CC(=O)O)C(=O)O. The lowest BCUT2D eigenvalue weighted by atomic mass is 9.96. The van der Waals surface area contributed by atoms with Gasteiger partial charge in [-0.2, -0.15) is 4.89 Å². The molecule has 0 spiro atoms. The maximum Gasteiger partial charge on any atom is 0.345 e. The van der Waals surface area contributed by atoms with Gasteiger partial charge in [0.1, 0.15) is 0 Å². The first kappa shape index (κ1) is 17.3. The van der Waals surface area contributed by atoms with Crippen molar-refractivity contribution in [2.75, 3.05) is 6.61 Å². The number of hydrogen-bond acceptors (Lipinski definition) is 6. The van der Waals surface area contributed by atoms with Gasteiger partial charge in [0.25, 0.3) is 0 Å². The fourth-order valence-electron chi connectivity index (χ4n) is 1.25. The van der Waals surface area contributed by atoms with E-state index in [4.69, 9.17) is 10.2 Å². The topological polar surface area (TPSA) is 130 Å². The van der Waals surface area contributed by atoms with Gasteiger partial charge in [0.15, 0.2) is 5.60 Å². The molecule has 0 aliphatic rings. The summed E-state index contributed by atoms with van der Waals surface area (Å²) in [5.41, 5.74) is -2.70. The lowest BCUT2D eigenvalue weighted by Gasteiger charge is -2.19. The van der Waals surface area contributed by atoms with Crippen LogP contribution < -0.4 is 0 Å². The van der Waals surface area contributed by atoms with Crippen molar-refractivity contribution in [2.45, 2.75) is 44.6 Å². The molecule has 3 N–H and O–H groups in total. The number of carbonyl (C=O) groups is 3. The van der Waals surface area contributed by atoms with Crippen LogP contribution in [-0.4, -0.2) is 45.4 Å². The van der Waals surface area contributed by atoms with Crippen molar-refractivity contribution >= 4 is 17.9 Å². The maximum absolute atomic E-state index is 11.2. The van der Waals surface area contributed by atoms with E-state index in [1.807, 2.05) is 6.92 Å². The molecule has 0 aliphatic carbocycles. The van der Waals surface area contributed by atoms with Crippen LogP contribution in [0.15, 0.2) is 0 Å². The van der Waals surface area contributed by atoms with Crippen molar-refractivity contribution in [1.82, 2.24) is 0 Å². The first-order valence-electron chi connectivity index (χ1n) is 5.81. The van der Waals surface area contributed by atoms with Crippen LogP contribution in [-0.2, 0) is 24.2 Å². The van der Waals surface area contributed by atoms with E-state index in [9.17, 15) is 19.5 Å². The molecule has 19 heavy (non-hydrogen) atoms. The molecule has 0 radical (unpaired) electrons. The van der Waals surface area contributed by atoms with E-state index < -0.39 is 36.4 Å². The second kappa shape index (κ2) is 8.44. The van der Waals surface area contributed by atoms with Crippen molar-refractivity contribution in [1.29, 1.82) is 0 Å². The molecule has 0 fully saturated rings. The van der Waals surface area contributed by atoms with Crippen LogP contribution in [0.25, 0.3) is 0 Å². The number of carbonyl (C=O) groups excluding carboxylic acids is 1. The number of rotatable bonds is 10. The monoisotopic (exact) mass is 278 g/mol. The van der Waals surface area contributed by atoms with E-state index in [1.54, 1.807) is 0 Å². The molecule has 0 rings (SSSR count). The second-order valence-electron chi connectivity index (χ2n) is 4.07. The molecule has 0 aromatic rings. The van der Waals surface area contributed by atoms with Gasteiger partial charge in [-0.15, -0.1) is 0 Å². The predicted octanol–water partition coefficient (Wildman–Crippen LogP) is 0.332. The Balaban J connectivity index is 4.18. The molecular formula is C11H18O8. The zero-order valence-corrected chi connectivity index (χ0v) is 10.6. The Kier molecular flexibility index (Phi) is 7.69. The van der Waals surface area contributed by atoms with Crippen molar-refractivity contribution < 1.29 is 39.5 Å². The molecule has 0 amide bonds. The third-order valence-corrected chi connectivity index (χ3v) is 2.26. The lowest BCUT2D eigenvalue weighted by molar-refractivity contribution is -0.275. The molecule has 1 atom stereocenters. The smallest absolute Gasteiger partial charge is 0.345 e. The van der Waals surface area contributed by atoms with E-state index in [2.05, 4.69) is 9.78 Å². The molecule has 0 aromatic heterocycles. The third-order valence-electron chi connectivity index (χ3n) is 2.26. The van der Waals surface area contributed by atoms with Crippen LogP contribution in [0.2, 0.25) is 0 Å². The highest BCUT2D eigenvalue weighted by molar-refractivity contribution is 5.88. The number of unbranched alkanes of at least 4 members (excludes halogenated alkanes) is 2. The molecular weight excluding hydrogens is 260 g/mol. The first-order chi connectivity index (χ1) is 8.81. The number of carboxylic acid groups (broad SMARTS) is 2. The van der Waals surface area contributed by atoms with Gasteiger partial charge in [-0.3, -0.25) is 9.68 Å². The van der Waals surface area contributed by atoms with Gasteiger partial charge in [0.05, 0.1) is 19.4 Å². The van der Waals surface area contributed by atoms with Crippen LogP contribution >= 0.6 is 0 Å². The number of aliphatic carboxylic acids is 2. The Bertz CT molecular complexity index is 327. The first-order valence-corrected chi connectivity index (χ1v) is 5.81. The molecule has 0 saturated carbocycles. The average Bonchev–Trinajstić information content (AvgIpc) is 2.27. The van der Waals surface area contributed by atoms with Crippen molar-refractivity contribution in [3.63, 3.8) is 0 Å². The van der Waals surface area contributed by atoms with E-state index in [-0.39, 0.29) is 6.61 Å². The molecule has 0 saturated heterocycles. The lowest BCUT2D eigenvalue weighted by Crippen LogP contribution is -2.43. The van der Waals surface area contributed by atoms with Gasteiger partial charge in [0, 0.05) is 0 Å². The van der Waals surface area contributed by atoms with Gasteiger partial charge in [-0.25, -0.2) is 9.59 Å². The minimum Gasteiger partial charge on any atom is -0.481 e. The molecule has 0 bridgehead atoms. The maximum atomic E-state index is 11.2. The second-order valence-corrected chi connectivity index (χ2v) is 4.07. The summed E-state index contributed by atoms with van der Waals surface area (Å²) in [4.78, 5) is 41.2. The quantitative estimate of drug-likeness (QED) is 0.296. The highest BCUT2D eigenvalue weighted by atomic mass is 17.2. The fraction of sp³-hybridized carbons (Fsp3) is 0.727. The van der Waals surface area contributed by atoms with Gasteiger partial charge < -0.3 is 15.3 Å². The zero-order chi connectivity index (χ0) is 14.9. The van der Waals surface area contributed by atoms with E-state index in [0.29, 0.717) is 6.42 Å². The van der Waals surface area contributed by atoms with Gasteiger partial charge >= 0.3 is 17.9 Å². The molecule has 110 valence electrons. The van der Waals surface area contributed by atoms with Crippen LogP contribution in [0.4, 0.5) is 0 Å². The van der Waals surface area contributed by atoms with Crippen LogP contribution in [0, 0.1) is 0 Å². The Labute approximate surface area is 109 Å². The number of hydrogen-bond donors (Lipinski definition) is 3. The van der Waals surface area contributed by atoms with Crippen LogP contribution in [0.5, 0.6) is 0 Å². The molecule has 1 unspecified atom stereocenters. The highest BCUT2D eigenvalue weighted by Gasteiger charge is 2.41. The van der Waals surface area contributed by atoms with Crippen molar-refractivity contribution in [3.05, 3.63) is 0 Å². The summed E-state index contributed by atoms with van der Waals surface area (Å²) in [5, 5.41) is 26.7. The van der Waals surface area contributed by atoms with Gasteiger partial charge in [0.2, 0.25) is 0 Å². The van der Waals surface area contributed by atoms with Crippen LogP contribution in [0.1, 0.15) is 39.0 Å². The predicted molar refractivity (Wildman–Crippen MR) is 61.0 cm³/mol. The third kappa shape index (κ3) is 7.37. The minimum absolute atomic E-state index is 0.157. The fourth-order valence-corrected chi connectivity index (χ4v) is 1.25. The van der Waals surface area contributed by atoms with Gasteiger partial charge in [-0.05, 0) is 6.42 Å². The summed E-state index contributed by atoms with van der Waals surface area (Å²) >= 11 is 0. The summed E-state index contributed by atoms with van der Waals surface area (Å²) in [6.07, 6.45) is 0.405. The zero-order valence-electron chi connectivity index (χ0n) is 10.6. The van der Waals surface area contributed by atoms with E-state index in [0.717, 1.165) is 12.8 Å². The molecule has 8 nitrogen and oxygen atoms in total. The molecule has 8 heteroatoms. The molecule has 0 aliphatic heterocycles. The Hall–Kier alpha value is -1.67. The summed E-state index contributed by atoms with van der Waals surface area (Å²) in [6, 6.07) is 0. The minimum atomic E-state index is -2.70. The Morgan fingerprint density at radius 3 is 2.21 bits per heavy atom. The number of carboxylic acids is 2. The Morgan fingerprint density at radius 2 is 1.74 bits per heavy atom.